The highest BCUT2D eigenvalue weighted by Crippen LogP contribution is 2.14. The monoisotopic (exact) mass is 181 g/mol. The van der Waals surface area contributed by atoms with Crippen LogP contribution in [0.5, 0.6) is 0 Å². The Hall–Kier alpha value is -1.23. The zero-order chi connectivity index (χ0) is 8.72. The molecule has 0 atom stereocenters. The van der Waals surface area contributed by atoms with Gasteiger partial charge in [-0.25, -0.2) is 9.97 Å². The molecule has 0 saturated carbocycles. The lowest BCUT2D eigenvalue weighted by Crippen LogP contribution is -2.16. The average molecular weight is 181 g/mol. The molecule has 5 heteroatoms. The smallest absolute Gasteiger partial charge is 0.280 e. The zero-order valence-electron chi connectivity index (χ0n) is 6.74. The maximum atomic E-state index is 11.4. The number of thiazole rings is 1. The molecular weight excluding hydrogens is 174 g/mol. The van der Waals surface area contributed by atoms with Gasteiger partial charge in [0.15, 0.2) is 10.3 Å². The van der Waals surface area contributed by atoms with Crippen LogP contribution in [0.4, 0.5) is 0 Å². The van der Waals surface area contributed by atoms with Crippen molar-refractivity contribution >= 4 is 21.7 Å². The Morgan fingerprint density at radius 3 is 3.08 bits per heavy atom. The summed E-state index contributed by atoms with van der Waals surface area (Å²) in [4.78, 5) is 20.3. The largest absolute Gasteiger partial charge is 0.300 e. The average Bonchev–Trinajstić information content (AvgIpc) is 2.39. The second-order valence-corrected chi connectivity index (χ2v) is 3.73. The number of fused-ring (bicyclic) bond motifs is 1. The third kappa shape index (κ3) is 0.937. The number of nitrogens with zero attached hydrogens (tertiary/aromatic N) is 3. The molecule has 0 aromatic carbocycles. The number of rotatable bonds is 0. The van der Waals surface area contributed by atoms with Gasteiger partial charge in [-0.2, -0.15) is 0 Å². The van der Waals surface area contributed by atoms with E-state index in [9.17, 15) is 4.79 Å². The summed E-state index contributed by atoms with van der Waals surface area (Å²) in [6.45, 7) is 1.87. The van der Waals surface area contributed by atoms with Crippen molar-refractivity contribution in [2.75, 3.05) is 0 Å². The van der Waals surface area contributed by atoms with E-state index in [0.29, 0.717) is 5.52 Å². The van der Waals surface area contributed by atoms with Gasteiger partial charge in [-0.05, 0) is 6.92 Å². The summed E-state index contributed by atoms with van der Waals surface area (Å²) >= 11 is 1.44. The highest BCUT2D eigenvalue weighted by molar-refractivity contribution is 7.18. The maximum Gasteiger partial charge on any atom is 0.280 e. The Balaban J connectivity index is 2.99. The van der Waals surface area contributed by atoms with Crippen molar-refractivity contribution in [2.24, 2.45) is 7.05 Å². The maximum absolute atomic E-state index is 11.4. The Morgan fingerprint density at radius 2 is 2.33 bits per heavy atom. The number of hydrogen-bond donors (Lipinski definition) is 0. The lowest BCUT2D eigenvalue weighted by atomic mass is 10.5. The Morgan fingerprint density at radius 1 is 1.58 bits per heavy atom. The number of aryl methyl sites for hydroxylation is 2. The summed E-state index contributed by atoms with van der Waals surface area (Å²) in [7, 11) is 1.67. The molecule has 0 N–H and O–H groups in total. The summed E-state index contributed by atoms with van der Waals surface area (Å²) in [5.74, 6) is 0. The summed E-state index contributed by atoms with van der Waals surface area (Å²) in [5, 5.41) is 0.876. The third-order valence-corrected chi connectivity index (χ3v) is 2.47. The van der Waals surface area contributed by atoms with E-state index in [-0.39, 0.29) is 5.56 Å². The summed E-state index contributed by atoms with van der Waals surface area (Å²) in [6, 6.07) is 0. The molecule has 0 bridgehead atoms. The normalized spacial score (nSPS) is 10.8. The van der Waals surface area contributed by atoms with E-state index in [1.165, 1.54) is 22.2 Å². The summed E-state index contributed by atoms with van der Waals surface area (Å²) < 4.78 is 1.43. The van der Waals surface area contributed by atoms with E-state index in [4.69, 9.17) is 0 Å². The van der Waals surface area contributed by atoms with Gasteiger partial charge >= 0.3 is 0 Å². The van der Waals surface area contributed by atoms with Crippen LogP contribution >= 0.6 is 11.3 Å². The molecule has 4 nitrogen and oxygen atoms in total. The first-order chi connectivity index (χ1) is 5.68. The van der Waals surface area contributed by atoms with Crippen LogP contribution in [-0.4, -0.2) is 14.5 Å². The lowest BCUT2D eigenvalue weighted by molar-refractivity contribution is 0.841. The van der Waals surface area contributed by atoms with Gasteiger partial charge in [-0.1, -0.05) is 11.3 Å². The Bertz CT molecular complexity index is 485. The molecule has 2 aromatic rings. The predicted molar refractivity (Wildman–Crippen MR) is 47.4 cm³/mol. The van der Waals surface area contributed by atoms with Crippen LogP contribution in [0.2, 0.25) is 0 Å². The van der Waals surface area contributed by atoms with E-state index in [2.05, 4.69) is 9.97 Å². The molecule has 0 fully saturated rings. The fourth-order valence-electron chi connectivity index (χ4n) is 1.00. The van der Waals surface area contributed by atoms with Crippen LogP contribution in [-0.2, 0) is 7.05 Å². The van der Waals surface area contributed by atoms with Crippen molar-refractivity contribution in [3.63, 3.8) is 0 Å². The van der Waals surface area contributed by atoms with Gasteiger partial charge < -0.3 is 4.57 Å². The van der Waals surface area contributed by atoms with Crippen molar-refractivity contribution < 1.29 is 0 Å². The van der Waals surface area contributed by atoms with Crippen LogP contribution < -0.4 is 5.56 Å². The molecule has 0 radical (unpaired) electrons. The van der Waals surface area contributed by atoms with Crippen molar-refractivity contribution in [2.45, 2.75) is 6.92 Å². The van der Waals surface area contributed by atoms with Crippen molar-refractivity contribution in [1.29, 1.82) is 0 Å². The van der Waals surface area contributed by atoms with Crippen molar-refractivity contribution in [1.82, 2.24) is 14.5 Å². The van der Waals surface area contributed by atoms with Gasteiger partial charge in [0.25, 0.3) is 5.56 Å². The molecule has 2 heterocycles. The Labute approximate surface area is 72.5 Å². The molecule has 0 saturated heterocycles. The van der Waals surface area contributed by atoms with E-state index >= 15 is 0 Å². The molecular formula is C7H7N3OS. The third-order valence-electron chi connectivity index (χ3n) is 1.59. The number of hydrogen-bond acceptors (Lipinski definition) is 4. The first kappa shape index (κ1) is 7.42. The minimum Gasteiger partial charge on any atom is -0.300 e. The minimum absolute atomic E-state index is 0.0793. The van der Waals surface area contributed by atoms with Crippen LogP contribution in [0.3, 0.4) is 0 Å². The lowest BCUT2D eigenvalue weighted by Gasteiger charge is -1.92. The van der Waals surface area contributed by atoms with Gasteiger partial charge in [0.1, 0.15) is 0 Å². The second kappa shape index (κ2) is 2.38. The number of aromatic nitrogens is 3. The van der Waals surface area contributed by atoms with Crippen molar-refractivity contribution in [3.8, 4) is 0 Å². The SMILES string of the molecule is Cc1nc2c(=O)n(C)cnc2s1. The van der Waals surface area contributed by atoms with Crippen LogP contribution in [0.25, 0.3) is 10.3 Å². The quantitative estimate of drug-likeness (QED) is 0.601. The van der Waals surface area contributed by atoms with Crippen LogP contribution in [0.15, 0.2) is 11.1 Å². The molecule has 0 amide bonds. The molecule has 62 valence electrons. The van der Waals surface area contributed by atoms with Gasteiger partial charge in [0.2, 0.25) is 0 Å². The van der Waals surface area contributed by atoms with Gasteiger partial charge in [0, 0.05) is 7.05 Å². The molecule has 12 heavy (non-hydrogen) atoms. The van der Waals surface area contributed by atoms with Gasteiger partial charge in [0.05, 0.1) is 11.3 Å². The fraction of sp³-hybridized carbons (Fsp3) is 0.286. The second-order valence-electron chi connectivity index (χ2n) is 2.55. The predicted octanol–water partition coefficient (Wildman–Crippen LogP) is 0.698. The molecule has 2 rings (SSSR count). The zero-order valence-corrected chi connectivity index (χ0v) is 7.55. The standard InChI is InChI=1S/C7H7N3OS/c1-4-9-5-6(12-4)8-3-10(2)7(5)11/h3H,1-2H3. The molecule has 0 aliphatic heterocycles. The Kier molecular flexibility index (Phi) is 1.47. The molecule has 0 unspecified atom stereocenters. The topological polar surface area (TPSA) is 47.8 Å². The minimum atomic E-state index is -0.0793. The highest BCUT2D eigenvalue weighted by Gasteiger charge is 2.05. The van der Waals surface area contributed by atoms with Crippen LogP contribution in [0.1, 0.15) is 5.01 Å². The van der Waals surface area contributed by atoms with E-state index in [1.54, 1.807) is 7.05 Å². The fourth-order valence-corrected chi connectivity index (χ4v) is 1.75. The van der Waals surface area contributed by atoms with E-state index < -0.39 is 0 Å². The van der Waals surface area contributed by atoms with Gasteiger partial charge in [-0.15, -0.1) is 0 Å². The first-order valence-electron chi connectivity index (χ1n) is 3.47. The molecule has 0 aliphatic rings. The highest BCUT2D eigenvalue weighted by atomic mass is 32.1. The first-order valence-corrected chi connectivity index (χ1v) is 4.29. The van der Waals surface area contributed by atoms with Crippen LogP contribution in [0, 0.1) is 6.92 Å². The summed E-state index contributed by atoms with van der Waals surface area (Å²) in [5.41, 5.74) is 0.395. The molecule has 2 aromatic heterocycles. The van der Waals surface area contributed by atoms with E-state index in [1.807, 2.05) is 6.92 Å². The van der Waals surface area contributed by atoms with Crippen molar-refractivity contribution in [3.05, 3.63) is 21.7 Å². The van der Waals surface area contributed by atoms with E-state index in [0.717, 1.165) is 9.84 Å². The summed E-state index contributed by atoms with van der Waals surface area (Å²) in [6.07, 6.45) is 1.52. The van der Waals surface area contributed by atoms with Gasteiger partial charge in [-0.3, -0.25) is 4.79 Å². The molecule has 0 spiro atoms. The molecule has 0 aliphatic carbocycles.